The van der Waals surface area contributed by atoms with E-state index in [1.807, 2.05) is 6.92 Å². The molecule has 6 nitrogen and oxygen atoms in total. The van der Waals surface area contributed by atoms with Gasteiger partial charge in [0.1, 0.15) is 11.8 Å². The average molecular weight is 311 g/mol. The van der Waals surface area contributed by atoms with Crippen LogP contribution < -0.4 is 9.46 Å². The number of aliphatic carboxylic acids is 1. The van der Waals surface area contributed by atoms with Crippen molar-refractivity contribution in [1.82, 2.24) is 4.72 Å². The molecule has 0 fully saturated rings. The normalized spacial score (nSPS) is 12.4. The van der Waals surface area contributed by atoms with Crippen molar-refractivity contribution in [1.29, 1.82) is 0 Å². The standard InChI is InChI=1S/C14H17NO5S/c1-4-6-12(14(16)17)15-21(18,19)11-7-8-13(20-5-2)10(3)9-11/h1,7-9,12,15H,5-6H2,2-3H3,(H,16,17). The first-order valence-corrected chi connectivity index (χ1v) is 7.72. The van der Waals surface area contributed by atoms with Crippen LogP contribution in [0.3, 0.4) is 0 Å². The molecule has 0 spiro atoms. The van der Waals surface area contributed by atoms with Gasteiger partial charge in [-0.1, -0.05) is 0 Å². The molecule has 1 aromatic carbocycles. The van der Waals surface area contributed by atoms with Gasteiger partial charge in [0.05, 0.1) is 11.5 Å². The van der Waals surface area contributed by atoms with Gasteiger partial charge in [-0.15, -0.1) is 12.3 Å². The first-order chi connectivity index (χ1) is 9.81. The third-order valence-corrected chi connectivity index (χ3v) is 4.14. The predicted octanol–water partition coefficient (Wildman–Crippen LogP) is 1.15. The van der Waals surface area contributed by atoms with Crippen molar-refractivity contribution >= 4 is 16.0 Å². The van der Waals surface area contributed by atoms with E-state index in [0.717, 1.165) is 0 Å². The molecule has 0 heterocycles. The minimum Gasteiger partial charge on any atom is -0.494 e. The topological polar surface area (TPSA) is 92.7 Å². The van der Waals surface area contributed by atoms with E-state index < -0.39 is 22.0 Å². The number of hydrogen-bond acceptors (Lipinski definition) is 4. The van der Waals surface area contributed by atoms with Gasteiger partial charge in [-0.3, -0.25) is 4.79 Å². The Balaban J connectivity index is 3.05. The smallest absolute Gasteiger partial charge is 0.322 e. The minimum absolute atomic E-state index is 0.0354. The van der Waals surface area contributed by atoms with Crippen molar-refractivity contribution in [2.45, 2.75) is 31.2 Å². The van der Waals surface area contributed by atoms with Gasteiger partial charge >= 0.3 is 5.97 Å². The third kappa shape index (κ3) is 4.48. The molecule has 0 bridgehead atoms. The van der Waals surface area contributed by atoms with E-state index in [1.54, 1.807) is 6.92 Å². The van der Waals surface area contributed by atoms with Crippen molar-refractivity contribution < 1.29 is 23.1 Å². The van der Waals surface area contributed by atoms with Gasteiger partial charge in [-0.25, -0.2) is 8.42 Å². The summed E-state index contributed by atoms with van der Waals surface area (Å²) in [5, 5.41) is 8.94. The molecule has 114 valence electrons. The molecule has 0 saturated carbocycles. The van der Waals surface area contributed by atoms with Gasteiger partial charge in [0.2, 0.25) is 10.0 Å². The number of ether oxygens (including phenoxy) is 1. The van der Waals surface area contributed by atoms with Crippen molar-refractivity contribution in [3.63, 3.8) is 0 Å². The number of aryl methyl sites for hydroxylation is 1. The molecular formula is C14H17NO5S. The van der Waals surface area contributed by atoms with Gasteiger partial charge in [-0.05, 0) is 37.6 Å². The summed E-state index contributed by atoms with van der Waals surface area (Å²) in [6, 6.07) is 2.95. The molecule has 1 atom stereocenters. The van der Waals surface area contributed by atoms with Gasteiger partial charge in [0.15, 0.2) is 0 Å². The Morgan fingerprint density at radius 2 is 2.19 bits per heavy atom. The van der Waals surface area contributed by atoms with E-state index in [2.05, 4.69) is 10.6 Å². The quantitative estimate of drug-likeness (QED) is 0.737. The highest BCUT2D eigenvalue weighted by Gasteiger charge is 2.25. The maximum Gasteiger partial charge on any atom is 0.322 e. The number of benzene rings is 1. The Kier molecular flexibility index (Phi) is 5.76. The number of hydrogen-bond donors (Lipinski definition) is 2. The fourth-order valence-corrected chi connectivity index (χ4v) is 2.93. The Morgan fingerprint density at radius 3 is 2.67 bits per heavy atom. The number of terminal acetylenes is 1. The SMILES string of the molecule is C#CCC(NS(=O)(=O)c1ccc(OCC)c(C)c1)C(=O)O. The zero-order valence-corrected chi connectivity index (χ0v) is 12.6. The Hall–Kier alpha value is -2.04. The Labute approximate surface area is 124 Å². The van der Waals surface area contributed by atoms with Crippen LogP contribution in [0.15, 0.2) is 23.1 Å². The van der Waals surface area contributed by atoms with Crippen LogP contribution in [0.4, 0.5) is 0 Å². The lowest BCUT2D eigenvalue weighted by Crippen LogP contribution is -2.40. The minimum atomic E-state index is -3.96. The van der Waals surface area contributed by atoms with Gasteiger partial charge < -0.3 is 9.84 Å². The summed E-state index contributed by atoms with van der Waals surface area (Å²) in [4.78, 5) is 10.9. The van der Waals surface area contributed by atoms with Crippen molar-refractivity contribution in [3.05, 3.63) is 23.8 Å². The second kappa shape index (κ2) is 7.11. The van der Waals surface area contributed by atoms with Gasteiger partial charge in [0.25, 0.3) is 0 Å². The lowest BCUT2D eigenvalue weighted by molar-refractivity contribution is -0.138. The third-order valence-electron chi connectivity index (χ3n) is 2.67. The Morgan fingerprint density at radius 1 is 1.52 bits per heavy atom. The average Bonchev–Trinajstić information content (AvgIpc) is 2.40. The number of nitrogens with one attached hydrogen (secondary N) is 1. The van der Waals surface area contributed by atoms with Crippen molar-refractivity contribution in [2.75, 3.05) is 6.61 Å². The predicted molar refractivity (Wildman–Crippen MR) is 77.5 cm³/mol. The van der Waals surface area contributed by atoms with E-state index in [1.165, 1.54) is 18.2 Å². The molecule has 0 aliphatic carbocycles. The molecule has 0 aromatic heterocycles. The number of sulfonamides is 1. The summed E-state index contributed by atoms with van der Waals surface area (Å²) in [7, 11) is -3.96. The highest BCUT2D eigenvalue weighted by Crippen LogP contribution is 2.22. The summed E-state index contributed by atoms with van der Waals surface area (Å²) in [5.74, 6) is 1.39. The van der Waals surface area contributed by atoms with Crippen LogP contribution in [-0.2, 0) is 14.8 Å². The molecule has 0 aliphatic rings. The van der Waals surface area contributed by atoms with Crippen LogP contribution in [-0.4, -0.2) is 32.1 Å². The summed E-state index contributed by atoms with van der Waals surface area (Å²) in [5.41, 5.74) is 0.642. The molecule has 21 heavy (non-hydrogen) atoms. The maximum absolute atomic E-state index is 12.2. The number of carbonyl (C=O) groups is 1. The van der Waals surface area contributed by atoms with Crippen LogP contribution in [0.1, 0.15) is 18.9 Å². The fraction of sp³-hybridized carbons (Fsp3) is 0.357. The summed E-state index contributed by atoms with van der Waals surface area (Å²) in [6.07, 6.45) is 4.81. The van der Waals surface area contributed by atoms with E-state index >= 15 is 0 Å². The fourth-order valence-electron chi connectivity index (χ4n) is 1.66. The lowest BCUT2D eigenvalue weighted by atomic mass is 10.2. The second-order valence-electron chi connectivity index (χ2n) is 4.28. The van der Waals surface area contributed by atoms with Crippen molar-refractivity contribution in [2.24, 2.45) is 0 Å². The summed E-state index contributed by atoms with van der Waals surface area (Å²) in [6.45, 7) is 4.00. The molecule has 7 heteroatoms. The zero-order chi connectivity index (χ0) is 16.0. The monoisotopic (exact) mass is 311 g/mol. The molecule has 1 aromatic rings. The van der Waals surface area contributed by atoms with Crippen LogP contribution in [0.25, 0.3) is 0 Å². The molecule has 2 N–H and O–H groups in total. The van der Waals surface area contributed by atoms with E-state index in [-0.39, 0.29) is 11.3 Å². The first kappa shape index (κ1) is 17.0. The van der Waals surface area contributed by atoms with Crippen LogP contribution >= 0.6 is 0 Å². The second-order valence-corrected chi connectivity index (χ2v) is 5.99. The van der Waals surface area contributed by atoms with E-state index in [4.69, 9.17) is 16.3 Å². The van der Waals surface area contributed by atoms with Crippen molar-refractivity contribution in [3.8, 4) is 18.1 Å². The molecule has 1 rings (SSSR count). The molecule has 0 radical (unpaired) electrons. The molecular weight excluding hydrogens is 294 g/mol. The highest BCUT2D eigenvalue weighted by molar-refractivity contribution is 7.89. The van der Waals surface area contributed by atoms with E-state index in [9.17, 15) is 13.2 Å². The van der Waals surface area contributed by atoms with Crippen LogP contribution in [0.2, 0.25) is 0 Å². The van der Waals surface area contributed by atoms with E-state index in [0.29, 0.717) is 17.9 Å². The molecule has 0 amide bonds. The molecule has 1 unspecified atom stereocenters. The van der Waals surface area contributed by atoms with Gasteiger partial charge in [-0.2, -0.15) is 4.72 Å². The van der Waals surface area contributed by atoms with Gasteiger partial charge in [0, 0.05) is 6.42 Å². The zero-order valence-electron chi connectivity index (χ0n) is 11.8. The first-order valence-electron chi connectivity index (χ1n) is 6.24. The summed E-state index contributed by atoms with van der Waals surface area (Å²) >= 11 is 0. The van der Waals surface area contributed by atoms with Crippen LogP contribution in [0, 0.1) is 19.3 Å². The number of carboxylic acids is 1. The lowest BCUT2D eigenvalue weighted by Gasteiger charge is -2.14. The highest BCUT2D eigenvalue weighted by atomic mass is 32.2. The number of rotatable bonds is 7. The molecule has 0 saturated heterocycles. The summed E-state index contributed by atoms with van der Waals surface area (Å²) < 4.78 is 31.7. The molecule has 0 aliphatic heterocycles. The number of carboxylic acid groups (broad SMARTS) is 1. The largest absolute Gasteiger partial charge is 0.494 e. The van der Waals surface area contributed by atoms with Crippen LogP contribution in [0.5, 0.6) is 5.75 Å². The maximum atomic E-state index is 12.2. The Bertz CT molecular complexity index is 660.